The molecule has 104 valence electrons. The fourth-order valence-corrected chi connectivity index (χ4v) is 4.59. The molecule has 18 heavy (non-hydrogen) atoms. The van der Waals surface area contributed by atoms with E-state index in [-0.39, 0.29) is 6.10 Å². The molecule has 0 amide bonds. The van der Waals surface area contributed by atoms with Crippen LogP contribution >= 0.6 is 0 Å². The SMILES string of the molecule is CN1CCN(C)C(C(O)CC2CC3CCC2C3)C1. The van der Waals surface area contributed by atoms with Gasteiger partial charge < -0.3 is 10.0 Å². The lowest BCUT2D eigenvalue weighted by molar-refractivity contribution is -0.00121. The fourth-order valence-electron chi connectivity index (χ4n) is 4.59. The summed E-state index contributed by atoms with van der Waals surface area (Å²) in [6.07, 6.45) is 6.67. The number of hydrogen-bond acceptors (Lipinski definition) is 3. The van der Waals surface area contributed by atoms with Crippen molar-refractivity contribution in [2.45, 2.75) is 44.2 Å². The van der Waals surface area contributed by atoms with Crippen LogP contribution < -0.4 is 0 Å². The zero-order valence-corrected chi connectivity index (χ0v) is 11.9. The molecule has 0 radical (unpaired) electrons. The summed E-state index contributed by atoms with van der Waals surface area (Å²) in [5.74, 6) is 2.76. The number of likely N-dealkylation sites (N-methyl/N-ethyl adjacent to an activating group) is 2. The van der Waals surface area contributed by atoms with Gasteiger partial charge in [-0.25, -0.2) is 0 Å². The molecule has 0 spiro atoms. The average molecular weight is 252 g/mol. The molecule has 5 unspecified atom stereocenters. The maximum absolute atomic E-state index is 10.6. The second-order valence-electron chi connectivity index (χ2n) is 7.05. The molecule has 0 aromatic carbocycles. The second-order valence-corrected chi connectivity index (χ2v) is 7.05. The lowest BCUT2D eigenvalue weighted by atomic mass is 9.83. The Balaban J connectivity index is 1.55. The lowest BCUT2D eigenvalue weighted by Gasteiger charge is -2.41. The Morgan fingerprint density at radius 3 is 2.67 bits per heavy atom. The molecule has 2 bridgehead atoms. The van der Waals surface area contributed by atoms with Gasteiger partial charge in [0.25, 0.3) is 0 Å². The number of hydrogen-bond donors (Lipinski definition) is 1. The molecule has 3 rings (SSSR count). The van der Waals surface area contributed by atoms with Gasteiger partial charge in [0, 0.05) is 25.7 Å². The smallest absolute Gasteiger partial charge is 0.0710 e. The molecular weight excluding hydrogens is 224 g/mol. The highest BCUT2D eigenvalue weighted by molar-refractivity contribution is 4.93. The van der Waals surface area contributed by atoms with Gasteiger partial charge in [-0.2, -0.15) is 0 Å². The molecule has 3 fully saturated rings. The average Bonchev–Trinajstić information content (AvgIpc) is 2.94. The summed E-state index contributed by atoms with van der Waals surface area (Å²) in [5.41, 5.74) is 0. The number of nitrogens with zero attached hydrogens (tertiary/aromatic N) is 2. The molecular formula is C15H28N2O. The monoisotopic (exact) mass is 252 g/mol. The second kappa shape index (κ2) is 5.10. The number of aliphatic hydroxyl groups is 1. The molecule has 0 aromatic rings. The lowest BCUT2D eigenvalue weighted by Crippen LogP contribution is -2.55. The molecule has 1 aliphatic heterocycles. The summed E-state index contributed by atoms with van der Waals surface area (Å²) >= 11 is 0. The van der Waals surface area contributed by atoms with Crippen molar-refractivity contribution >= 4 is 0 Å². The van der Waals surface area contributed by atoms with Crippen LogP contribution in [0.4, 0.5) is 0 Å². The van der Waals surface area contributed by atoms with E-state index < -0.39 is 0 Å². The quantitative estimate of drug-likeness (QED) is 0.823. The Kier molecular flexibility index (Phi) is 3.65. The van der Waals surface area contributed by atoms with Gasteiger partial charge >= 0.3 is 0 Å². The summed E-state index contributed by atoms with van der Waals surface area (Å²) in [6, 6.07) is 0.350. The first-order valence-electron chi connectivity index (χ1n) is 7.70. The zero-order chi connectivity index (χ0) is 12.7. The first-order chi connectivity index (χ1) is 8.63. The largest absolute Gasteiger partial charge is 0.391 e. The fraction of sp³-hybridized carbons (Fsp3) is 1.00. The first kappa shape index (κ1) is 12.9. The van der Waals surface area contributed by atoms with Gasteiger partial charge in [-0.05, 0) is 57.5 Å². The van der Waals surface area contributed by atoms with Crippen molar-refractivity contribution in [3.63, 3.8) is 0 Å². The first-order valence-corrected chi connectivity index (χ1v) is 7.70. The summed E-state index contributed by atoms with van der Waals surface area (Å²) in [6.45, 7) is 3.25. The van der Waals surface area contributed by atoms with Crippen LogP contribution in [0.15, 0.2) is 0 Å². The van der Waals surface area contributed by atoms with Crippen molar-refractivity contribution in [2.75, 3.05) is 33.7 Å². The molecule has 5 atom stereocenters. The third-order valence-corrected chi connectivity index (χ3v) is 5.77. The van der Waals surface area contributed by atoms with E-state index in [9.17, 15) is 5.11 Å². The molecule has 3 nitrogen and oxygen atoms in total. The van der Waals surface area contributed by atoms with Crippen LogP contribution in [-0.2, 0) is 0 Å². The minimum Gasteiger partial charge on any atom is -0.391 e. The Morgan fingerprint density at radius 1 is 1.17 bits per heavy atom. The van der Waals surface area contributed by atoms with Crippen molar-refractivity contribution in [3.8, 4) is 0 Å². The Bertz CT molecular complexity index is 296. The number of fused-ring (bicyclic) bond motifs is 2. The van der Waals surface area contributed by atoms with Crippen LogP contribution in [0.25, 0.3) is 0 Å². The van der Waals surface area contributed by atoms with Crippen molar-refractivity contribution in [1.29, 1.82) is 0 Å². The Labute approximate surface area is 111 Å². The topological polar surface area (TPSA) is 26.7 Å². The molecule has 0 aromatic heterocycles. The molecule has 1 N–H and O–H groups in total. The number of aliphatic hydroxyl groups excluding tert-OH is 1. The number of piperazine rings is 1. The third-order valence-electron chi connectivity index (χ3n) is 5.77. The predicted octanol–water partition coefficient (Wildman–Crippen LogP) is 1.42. The highest BCUT2D eigenvalue weighted by Crippen LogP contribution is 2.50. The van der Waals surface area contributed by atoms with E-state index in [0.29, 0.717) is 6.04 Å². The van der Waals surface area contributed by atoms with Gasteiger partial charge in [-0.3, -0.25) is 4.90 Å². The standard InChI is InChI=1S/C15H28N2O/c1-16-5-6-17(2)14(10-16)15(18)9-13-8-11-3-4-12(13)7-11/h11-15,18H,3-10H2,1-2H3. The van der Waals surface area contributed by atoms with Gasteiger partial charge in [0.05, 0.1) is 6.10 Å². The molecule has 3 aliphatic rings. The maximum atomic E-state index is 10.6. The van der Waals surface area contributed by atoms with Crippen molar-refractivity contribution in [1.82, 2.24) is 9.80 Å². The molecule has 2 saturated carbocycles. The molecule has 2 aliphatic carbocycles. The molecule has 1 saturated heterocycles. The number of rotatable bonds is 3. The normalized spacial score (nSPS) is 43.5. The molecule has 1 heterocycles. The highest BCUT2D eigenvalue weighted by atomic mass is 16.3. The van der Waals surface area contributed by atoms with E-state index in [0.717, 1.165) is 43.8 Å². The third kappa shape index (κ3) is 2.45. The Hall–Kier alpha value is -0.120. The van der Waals surface area contributed by atoms with E-state index >= 15 is 0 Å². The highest BCUT2D eigenvalue weighted by Gasteiger charge is 2.41. The van der Waals surface area contributed by atoms with Crippen LogP contribution in [0.3, 0.4) is 0 Å². The maximum Gasteiger partial charge on any atom is 0.0710 e. The van der Waals surface area contributed by atoms with E-state index in [2.05, 4.69) is 23.9 Å². The summed E-state index contributed by atoms with van der Waals surface area (Å²) in [7, 11) is 4.34. The Morgan fingerprint density at radius 2 is 2.00 bits per heavy atom. The minimum absolute atomic E-state index is 0.123. The van der Waals surface area contributed by atoms with Crippen LogP contribution in [0, 0.1) is 17.8 Å². The summed E-state index contributed by atoms with van der Waals surface area (Å²) in [4.78, 5) is 4.71. The van der Waals surface area contributed by atoms with Gasteiger partial charge in [0.2, 0.25) is 0 Å². The predicted molar refractivity (Wildman–Crippen MR) is 73.5 cm³/mol. The minimum atomic E-state index is -0.123. The molecule has 3 heteroatoms. The van der Waals surface area contributed by atoms with Crippen molar-refractivity contribution in [2.24, 2.45) is 17.8 Å². The van der Waals surface area contributed by atoms with Gasteiger partial charge in [-0.1, -0.05) is 6.42 Å². The summed E-state index contributed by atoms with van der Waals surface area (Å²) in [5, 5.41) is 10.6. The van der Waals surface area contributed by atoms with Gasteiger partial charge in [0.1, 0.15) is 0 Å². The van der Waals surface area contributed by atoms with Gasteiger partial charge in [0.15, 0.2) is 0 Å². The van der Waals surface area contributed by atoms with E-state index in [1.807, 2.05) is 0 Å². The van der Waals surface area contributed by atoms with E-state index in [4.69, 9.17) is 0 Å². The van der Waals surface area contributed by atoms with Crippen molar-refractivity contribution < 1.29 is 5.11 Å². The van der Waals surface area contributed by atoms with Crippen LogP contribution in [0.2, 0.25) is 0 Å². The van der Waals surface area contributed by atoms with Gasteiger partial charge in [-0.15, -0.1) is 0 Å². The summed E-state index contributed by atoms with van der Waals surface area (Å²) < 4.78 is 0. The van der Waals surface area contributed by atoms with Crippen LogP contribution in [-0.4, -0.2) is 60.8 Å². The van der Waals surface area contributed by atoms with E-state index in [1.165, 1.54) is 25.7 Å². The van der Waals surface area contributed by atoms with Crippen LogP contribution in [0.1, 0.15) is 32.1 Å². The van der Waals surface area contributed by atoms with Crippen molar-refractivity contribution in [3.05, 3.63) is 0 Å². The zero-order valence-electron chi connectivity index (χ0n) is 11.9. The van der Waals surface area contributed by atoms with E-state index in [1.54, 1.807) is 0 Å². The van der Waals surface area contributed by atoms with Crippen LogP contribution in [0.5, 0.6) is 0 Å².